The minimum absolute atomic E-state index is 0.0648. The van der Waals surface area contributed by atoms with Gasteiger partial charge in [-0.15, -0.1) is 0 Å². The van der Waals surface area contributed by atoms with E-state index in [1.165, 1.54) is 6.42 Å². The van der Waals surface area contributed by atoms with Crippen molar-refractivity contribution >= 4 is 11.8 Å². The lowest BCUT2D eigenvalue weighted by Gasteiger charge is -2.60. The molecule has 0 radical (unpaired) electrons. The topological polar surface area (TPSA) is 72.6 Å². The Morgan fingerprint density at radius 1 is 1.22 bits per heavy atom. The fourth-order valence-electron chi connectivity index (χ4n) is 7.76. The van der Waals surface area contributed by atoms with Gasteiger partial charge in [0.25, 0.3) is 0 Å². The summed E-state index contributed by atoms with van der Waals surface area (Å²) in [6.07, 6.45) is 10.2. The summed E-state index contributed by atoms with van der Waals surface area (Å²) in [5.41, 5.74) is 5.86. The van der Waals surface area contributed by atoms with Gasteiger partial charge in [-0.2, -0.15) is 0 Å². The van der Waals surface area contributed by atoms with Crippen LogP contribution in [-0.2, 0) is 14.3 Å². The van der Waals surface area contributed by atoms with Gasteiger partial charge in [-0.1, -0.05) is 19.9 Å². The summed E-state index contributed by atoms with van der Waals surface area (Å²) in [6, 6.07) is 0.315. The molecule has 0 bridgehead atoms. The fourth-order valence-corrected chi connectivity index (χ4v) is 7.76. The van der Waals surface area contributed by atoms with Crippen LogP contribution in [0.3, 0.4) is 0 Å². The highest BCUT2D eigenvalue weighted by molar-refractivity contribution is 5.89. The number of hydrogen-bond acceptors (Lipinski definition) is 3. The zero-order valence-corrected chi connectivity index (χ0v) is 17.1. The normalized spacial score (nSPS) is 47.2. The third-order valence-corrected chi connectivity index (χ3v) is 9.10. The van der Waals surface area contributed by atoms with Crippen molar-refractivity contribution in [1.29, 1.82) is 0 Å². The molecule has 0 aromatic carbocycles. The van der Waals surface area contributed by atoms with Gasteiger partial charge >= 0.3 is 0 Å². The van der Waals surface area contributed by atoms with E-state index in [1.807, 2.05) is 11.9 Å². The molecule has 150 valence electrons. The number of nitrogens with two attached hydrogens (primary N) is 1. The van der Waals surface area contributed by atoms with E-state index >= 15 is 0 Å². The van der Waals surface area contributed by atoms with E-state index in [4.69, 9.17) is 10.5 Å². The first-order valence-electron chi connectivity index (χ1n) is 10.5. The minimum Gasteiger partial charge on any atom is -0.371 e. The van der Waals surface area contributed by atoms with Crippen LogP contribution < -0.4 is 5.73 Å². The molecule has 5 heteroatoms. The van der Waals surface area contributed by atoms with E-state index in [0.717, 1.165) is 32.1 Å². The van der Waals surface area contributed by atoms with Gasteiger partial charge in [-0.05, 0) is 73.7 Å². The molecule has 3 saturated carbocycles. The average molecular weight is 375 g/mol. The first-order valence-corrected chi connectivity index (χ1v) is 10.5. The number of carbonyl (C=O) groups excluding carboxylic acids is 2. The lowest BCUT2D eigenvalue weighted by molar-refractivity contribution is -0.144. The van der Waals surface area contributed by atoms with E-state index in [0.29, 0.717) is 23.8 Å². The van der Waals surface area contributed by atoms with Gasteiger partial charge in [-0.25, -0.2) is 0 Å². The molecular formula is C22H34N2O3. The van der Waals surface area contributed by atoms with E-state index in [-0.39, 0.29) is 28.6 Å². The lowest BCUT2D eigenvalue weighted by atomic mass is 9.47. The van der Waals surface area contributed by atoms with Gasteiger partial charge in [0.2, 0.25) is 11.8 Å². The van der Waals surface area contributed by atoms with Crippen molar-refractivity contribution in [2.45, 2.75) is 64.5 Å². The van der Waals surface area contributed by atoms with E-state index in [2.05, 4.69) is 19.9 Å². The highest BCUT2D eigenvalue weighted by atomic mass is 16.5. The van der Waals surface area contributed by atoms with Crippen molar-refractivity contribution in [2.24, 2.45) is 40.2 Å². The second kappa shape index (κ2) is 6.33. The number of likely N-dealkylation sites (N-methyl/N-ethyl adjacent to an activating group) is 1. The van der Waals surface area contributed by atoms with Crippen LogP contribution in [0.25, 0.3) is 0 Å². The van der Waals surface area contributed by atoms with Gasteiger partial charge in [0.1, 0.15) is 6.10 Å². The Morgan fingerprint density at radius 2 is 1.96 bits per heavy atom. The molecular weight excluding hydrogens is 340 g/mol. The second-order valence-corrected chi connectivity index (χ2v) is 9.91. The van der Waals surface area contributed by atoms with E-state index in [1.54, 1.807) is 13.2 Å². The third-order valence-electron chi connectivity index (χ3n) is 9.10. The first-order chi connectivity index (χ1) is 12.7. The van der Waals surface area contributed by atoms with E-state index in [9.17, 15) is 9.59 Å². The summed E-state index contributed by atoms with van der Waals surface area (Å²) < 4.78 is 5.55. The number of ether oxygens (including phenoxy) is 1. The quantitative estimate of drug-likeness (QED) is 0.825. The predicted molar refractivity (Wildman–Crippen MR) is 104 cm³/mol. The van der Waals surface area contributed by atoms with Gasteiger partial charge in [-0.3, -0.25) is 9.59 Å². The molecule has 27 heavy (non-hydrogen) atoms. The molecule has 2 N–H and O–H groups in total. The lowest BCUT2D eigenvalue weighted by Crippen LogP contribution is -2.60. The molecule has 2 amide bonds. The maximum atomic E-state index is 12.2. The zero-order valence-electron chi connectivity index (χ0n) is 17.1. The summed E-state index contributed by atoms with van der Waals surface area (Å²) in [7, 11) is 3.58. The van der Waals surface area contributed by atoms with Crippen LogP contribution in [0.5, 0.6) is 0 Å². The maximum absolute atomic E-state index is 12.2. The number of primary amides is 1. The highest BCUT2D eigenvalue weighted by Gasteiger charge is 2.61. The van der Waals surface area contributed by atoms with Crippen LogP contribution in [0.4, 0.5) is 0 Å². The van der Waals surface area contributed by atoms with Crippen LogP contribution in [0.1, 0.15) is 52.4 Å². The number of hydrogen-bond donors (Lipinski definition) is 1. The summed E-state index contributed by atoms with van der Waals surface area (Å²) in [5, 5.41) is 0. The molecule has 3 unspecified atom stereocenters. The highest BCUT2D eigenvalue weighted by Crippen LogP contribution is 2.66. The third kappa shape index (κ3) is 2.53. The number of amides is 2. The molecule has 0 spiro atoms. The minimum atomic E-state index is -0.471. The monoisotopic (exact) mass is 374 g/mol. The Hall–Kier alpha value is -1.36. The maximum Gasteiger partial charge on any atom is 0.246 e. The molecule has 0 aromatic rings. The predicted octanol–water partition coefficient (Wildman–Crippen LogP) is 2.74. The Bertz CT molecular complexity index is 676. The van der Waals surface area contributed by atoms with Crippen molar-refractivity contribution in [2.75, 3.05) is 14.2 Å². The summed E-state index contributed by atoms with van der Waals surface area (Å²) in [4.78, 5) is 26.1. The molecule has 5 nitrogen and oxygen atoms in total. The molecule has 4 rings (SSSR count). The molecule has 3 aliphatic carbocycles. The second-order valence-electron chi connectivity index (χ2n) is 9.91. The number of fused-ring (bicyclic) bond motifs is 5. The van der Waals surface area contributed by atoms with Crippen LogP contribution in [-0.4, -0.2) is 43.0 Å². The van der Waals surface area contributed by atoms with Crippen molar-refractivity contribution in [1.82, 2.24) is 4.90 Å². The zero-order chi connectivity index (χ0) is 19.6. The van der Waals surface area contributed by atoms with Crippen molar-refractivity contribution < 1.29 is 14.3 Å². The number of carbonyl (C=O) groups is 2. The van der Waals surface area contributed by atoms with Gasteiger partial charge < -0.3 is 15.4 Å². The van der Waals surface area contributed by atoms with Crippen molar-refractivity contribution in [3.63, 3.8) is 0 Å². The molecule has 4 aliphatic rings. The van der Waals surface area contributed by atoms with Gasteiger partial charge in [0.05, 0.1) is 0 Å². The van der Waals surface area contributed by atoms with Crippen LogP contribution >= 0.6 is 0 Å². The summed E-state index contributed by atoms with van der Waals surface area (Å²) >= 11 is 0. The molecule has 1 aliphatic heterocycles. The van der Waals surface area contributed by atoms with Gasteiger partial charge in [0.15, 0.2) is 0 Å². The standard InChI is InChI=1S/C22H34N2O3/c1-21-11-9-15-13(14(21)6-7-16(21)19(27-4)20(23)26)5-8-17-22(15,2)12-10-18(25)24(17)3/h10,12-17,19H,5-9,11H2,1-4H3,(H2,23,26)/t13-,14-,15+,16?,17?,19?,21-,22+/m0/s1. The largest absolute Gasteiger partial charge is 0.371 e. The molecule has 0 aromatic heterocycles. The SMILES string of the molecule is COC(C(N)=O)C1CC[C@H]2[C@@H]3CCC4N(C)C(=O)C=C[C@]4(C)[C@@H]3CC[C@]12C. The number of nitrogens with zero attached hydrogens (tertiary/aromatic N) is 1. The van der Waals surface area contributed by atoms with Crippen LogP contribution in [0, 0.1) is 34.5 Å². The molecule has 0 saturated heterocycles. The fraction of sp³-hybridized carbons (Fsp3) is 0.818. The molecule has 1 heterocycles. The molecule has 3 fully saturated rings. The number of rotatable bonds is 3. The smallest absolute Gasteiger partial charge is 0.246 e. The van der Waals surface area contributed by atoms with Crippen LogP contribution in [0.2, 0.25) is 0 Å². The summed E-state index contributed by atoms with van der Waals surface area (Å²) in [6.45, 7) is 4.74. The van der Waals surface area contributed by atoms with Crippen molar-refractivity contribution in [3.8, 4) is 0 Å². The van der Waals surface area contributed by atoms with Crippen molar-refractivity contribution in [3.05, 3.63) is 12.2 Å². The van der Waals surface area contributed by atoms with Crippen LogP contribution in [0.15, 0.2) is 12.2 Å². The average Bonchev–Trinajstić information content (AvgIpc) is 2.96. The first kappa shape index (κ1) is 19.0. The Kier molecular flexibility index (Phi) is 4.45. The number of methoxy groups -OCH3 is 1. The van der Waals surface area contributed by atoms with Gasteiger partial charge in [0, 0.05) is 25.6 Å². The Balaban J connectivity index is 1.64. The molecule has 8 atom stereocenters. The summed E-state index contributed by atoms with van der Waals surface area (Å²) in [5.74, 6) is 1.93. The Labute approximate surface area is 162 Å². The Morgan fingerprint density at radius 3 is 2.63 bits per heavy atom. The van der Waals surface area contributed by atoms with E-state index < -0.39 is 6.10 Å².